The van der Waals surface area contributed by atoms with Gasteiger partial charge in [0, 0.05) is 24.5 Å². The Morgan fingerprint density at radius 1 is 1.15 bits per heavy atom. The Hall–Kier alpha value is -1.22. The molecular weight excluding hydrogens is 324 g/mol. The van der Waals surface area contributed by atoms with E-state index >= 15 is 0 Å². The Balaban J connectivity index is 1.80. The standard InChI is InChI=1S/C23H36O3/c1-5-6-7-8-9-10-16-13-20(24)22-18-15-17(25-4)11-12-19(18)23(2,3)26-21(22)14-16/h13-14,17-19,24H,5-12,15H2,1-4H3/t17-,18-,19-/m1/s1. The van der Waals surface area contributed by atoms with E-state index < -0.39 is 0 Å². The number of benzene rings is 1. The van der Waals surface area contributed by atoms with Gasteiger partial charge in [0.05, 0.1) is 6.10 Å². The molecule has 0 amide bonds. The van der Waals surface area contributed by atoms with Gasteiger partial charge in [0.15, 0.2) is 0 Å². The van der Waals surface area contributed by atoms with Crippen molar-refractivity contribution in [3.63, 3.8) is 0 Å². The number of hydrogen-bond acceptors (Lipinski definition) is 3. The van der Waals surface area contributed by atoms with Gasteiger partial charge in [-0.25, -0.2) is 0 Å². The quantitative estimate of drug-likeness (QED) is 0.608. The van der Waals surface area contributed by atoms with Crippen molar-refractivity contribution < 1.29 is 14.6 Å². The summed E-state index contributed by atoms with van der Waals surface area (Å²) in [7, 11) is 1.80. The molecule has 1 heterocycles. The maximum Gasteiger partial charge on any atom is 0.127 e. The largest absolute Gasteiger partial charge is 0.508 e. The lowest BCUT2D eigenvalue weighted by atomic mass is 9.66. The van der Waals surface area contributed by atoms with Crippen molar-refractivity contribution in [2.24, 2.45) is 5.92 Å². The van der Waals surface area contributed by atoms with Crippen molar-refractivity contribution in [2.75, 3.05) is 7.11 Å². The third-order valence-electron chi connectivity index (χ3n) is 6.52. The first kappa shape index (κ1) is 19.5. The van der Waals surface area contributed by atoms with Crippen molar-refractivity contribution in [1.29, 1.82) is 0 Å². The number of fused-ring (bicyclic) bond motifs is 3. The second kappa shape index (κ2) is 8.21. The molecule has 1 aliphatic carbocycles. The molecule has 0 bridgehead atoms. The maximum absolute atomic E-state index is 10.8. The summed E-state index contributed by atoms with van der Waals surface area (Å²) in [6.45, 7) is 6.65. The second-order valence-electron chi connectivity index (χ2n) is 8.78. The van der Waals surface area contributed by atoms with Gasteiger partial charge < -0.3 is 14.6 Å². The van der Waals surface area contributed by atoms with Crippen molar-refractivity contribution in [3.05, 3.63) is 23.3 Å². The summed E-state index contributed by atoms with van der Waals surface area (Å²) in [5.41, 5.74) is 2.03. The maximum atomic E-state index is 10.8. The highest BCUT2D eigenvalue weighted by molar-refractivity contribution is 5.52. The first-order chi connectivity index (χ1) is 12.5. The molecule has 1 fully saturated rings. The van der Waals surface area contributed by atoms with E-state index in [0.29, 0.717) is 17.6 Å². The van der Waals surface area contributed by atoms with Crippen LogP contribution in [0.1, 0.15) is 89.2 Å². The minimum Gasteiger partial charge on any atom is -0.508 e. The van der Waals surface area contributed by atoms with Crippen LogP contribution >= 0.6 is 0 Å². The van der Waals surface area contributed by atoms with E-state index in [2.05, 4.69) is 26.8 Å². The predicted octanol–water partition coefficient (Wildman–Crippen LogP) is 5.97. The van der Waals surface area contributed by atoms with Crippen LogP contribution in [0.25, 0.3) is 0 Å². The highest BCUT2D eigenvalue weighted by Crippen LogP contribution is 2.54. The molecule has 1 aromatic carbocycles. The van der Waals surface area contributed by atoms with E-state index in [1.165, 1.54) is 37.7 Å². The fourth-order valence-electron chi connectivity index (χ4n) is 5.06. The summed E-state index contributed by atoms with van der Waals surface area (Å²) in [5, 5.41) is 10.8. The number of phenols is 1. The van der Waals surface area contributed by atoms with Crippen LogP contribution in [0.4, 0.5) is 0 Å². The van der Waals surface area contributed by atoms with Gasteiger partial charge in [-0.2, -0.15) is 0 Å². The zero-order valence-electron chi connectivity index (χ0n) is 17.0. The molecule has 1 aliphatic heterocycles. The summed E-state index contributed by atoms with van der Waals surface area (Å²) in [6, 6.07) is 4.16. The van der Waals surface area contributed by atoms with Crippen LogP contribution in [0.2, 0.25) is 0 Å². The number of aromatic hydroxyl groups is 1. The van der Waals surface area contributed by atoms with Crippen LogP contribution in [0.15, 0.2) is 12.1 Å². The smallest absolute Gasteiger partial charge is 0.127 e. The molecule has 2 aliphatic rings. The summed E-state index contributed by atoms with van der Waals surface area (Å²) in [6.07, 6.45) is 10.8. The topological polar surface area (TPSA) is 38.7 Å². The highest BCUT2D eigenvalue weighted by atomic mass is 16.5. The Bertz CT molecular complexity index is 608. The van der Waals surface area contributed by atoms with Crippen LogP contribution in [0.5, 0.6) is 11.5 Å². The van der Waals surface area contributed by atoms with Crippen molar-refractivity contribution in [3.8, 4) is 11.5 Å². The number of ether oxygens (including phenoxy) is 2. The summed E-state index contributed by atoms with van der Waals surface area (Å²) < 4.78 is 12.1. The molecule has 1 saturated carbocycles. The molecule has 3 nitrogen and oxygen atoms in total. The molecule has 0 aromatic heterocycles. The minimum absolute atomic E-state index is 0.192. The summed E-state index contributed by atoms with van der Waals surface area (Å²) >= 11 is 0. The van der Waals surface area contributed by atoms with E-state index in [-0.39, 0.29) is 11.7 Å². The number of aryl methyl sites for hydroxylation is 1. The lowest BCUT2D eigenvalue weighted by Gasteiger charge is -2.49. The third kappa shape index (κ3) is 4.03. The number of unbranched alkanes of at least 4 members (excludes halogenated alkanes) is 4. The van der Waals surface area contributed by atoms with E-state index in [0.717, 1.165) is 37.0 Å². The Labute approximate surface area is 159 Å². The van der Waals surface area contributed by atoms with Crippen molar-refractivity contribution >= 4 is 0 Å². The Morgan fingerprint density at radius 3 is 2.65 bits per heavy atom. The van der Waals surface area contributed by atoms with Gasteiger partial charge in [0.2, 0.25) is 0 Å². The molecular formula is C23H36O3. The van der Waals surface area contributed by atoms with Gasteiger partial charge in [0.1, 0.15) is 17.1 Å². The summed E-state index contributed by atoms with van der Waals surface area (Å²) in [5.74, 6) is 2.09. The normalized spacial score (nSPS) is 26.7. The van der Waals surface area contributed by atoms with Crippen LogP contribution in [0, 0.1) is 5.92 Å². The molecule has 3 atom stereocenters. The van der Waals surface area contributed by atoms with E-state index in [1.54, 1.807) is 7.11 Å². The third-order valence-corrected chi connectivity index (χ3v) is 6.52. The molecule has 3 rings (SSSR count). The SMILES string of the molecule is CCCCCCCc1cc(O)c2c(c1)OC(C)(C)[C@@H]1CC[C@@H](OC)C[C@@H]21. The van der Waals surface area contributed by atoms with Gasteiger partial charge in [-0.3, -0.25) is 0 Å². The molecule has 1 N–H and O–H groups in total. The number of rotatable bonds is 7. The van der Waals surface area contributed by atoms with Crippen LogP contribution < -0.4 is 4.74 Å². The van der Waals surface area contributed by atoms with Crippen LogP contribution in [-0.2, 0) is 11.2 Å². The van der Waals surface area contributed by atoms with Crippen molar-refractivity contribution in [2.45, 2.75) is 96.2 Å². The van der Waals surface area contributed by atoms with Crippen molar-refractivity contribution in [1.82, 2.24) is 0 Å². The van der Waals surface area contributed by atoms with Gasteiger partial charge in [-0.05, 0) is 63.6 Å². The van der Waals surface area contributed by atoms with E-state index in [1.807, 2.05) is 6.07 Å². The number of methoxy groups -OCH3 is 1. The van der Waals surface area contributed by atoms with Gasteiger partial charge in [0.25, 0.3) is 0 Å². The zero-order valence-corrected chi connectivity index (χ0v) is 17.0. The molecule has 0 saturated heterocycles. The molecule has 0 unspecified atom stereocenters. The fraction of sp³-hybridized carbons (Fsp3) is 0.739. The monoisotopic (exact) mass is 360 g/mol. The number of hydrogen-bond donors (Lipinski definition) is 1. The molecule has 3 heteroatoms. The Morgan fingerprint density at radius 2 is 1.92 bits per heavy atom. The zero-order chi connectivity index (χ0) is 18.7. The molecule has 0 radical (unpaired) electrons. The predicted molar refractivity (Wildman–Crippen MR) is 106 cm³/mol. The van der Waals surface area contributed by atoms with Gasteiger partial charge in [-0.1, -0.05) is 32.6 Å². The first-order valence-corrected chi connectivity index (χ1v) is 10.5. The minimum atomic E-state index is -0.192. The Kier molecular flexibility index (Phi) is 6.17. The van der Waals surface area contributed by atoms with E-state index in [4.69, 9.17) is 9.47 Å². The first-order valence-electron chi connectivity index (χ1n) is 10.5. The lowest BCUT2D eigenvalue weighted by Crippen LogP contribution is -2.47. The van der Waals surface area contributed by atoms with Crippen LogP contribution in [0.3, 0.4) is 0 Å². The fourth-order valence-corrected chi connectivity index (χ4v) is 5.06. The average molecular weight is 361 g/mol. The van der Waals surface area contributed by atoms with Crippen LogP contribution in [-0.4, -0.2) is 23.9 Å². The number of phenolic OH excluding ortho intramolecular Hbond substituents is 1. The molecule has 146 valence electrons. The molecule has 26 heavy (non-hydrogen) atoms. The molecule has 0 spiro atoms. The van der Waals surface area contributed by atoms with Gasteiger partial charge >= 0.3 is 0 Å². The summed E-state index contributed by atoms with van der Waals surface area (Å²) in [4.78, 5) is 0. The van der Waals surface area contributed by atoms with E-state index in [9.17, 15) is 5.11 Å². The lowest BCUT2D eigenvalue weighted by molar-refractivity contribution is -0.0412. The molecule has 1 aromatic rings. The highest BCUT2D eigenvalue weighted by Gasteiger charge is 2.47. The average Bonchev–Trinajstić information content (AvgIpc) is 2.60. The van der Waals surface area contributed by atoms with Gasteiger partial charge in [-0.15, -0.1) is 0 Å². The second-order valence-corrected chi connectivity index (χ2v) is 8.78.